The lowest BCUT2D eigenvalue weighted by atomic mass is 9.76. The van der Waals surface area contributed by atoms with Crippen LogP contribution < -0.4 is 20.7 Å². The summed E-state index contributed by atoms with van der Waals surface area (Å²) < 4.78 is 48.0. The summed E-state index contributed by atoms with van der Waals surface area (Å²) in [6.07, 6.45) is -4.95. The molecule has 0 radical (unpaired) electrons. The number of carbonyl (C=O) groups is 1. The number of carboxylic acid groups (broad SMARTS) is 1. The van der Waals surface area contributed by atoms with Crippen LogP contribution in [-0.2, 0) is 4.79 Å². The number of piperidine rings is 1. The molecule has 0 saturated carbocycles. The van der Waals surface area contributed by atoms with Gasteiger partial charge in [0, 0.05) is 31.3 Å². The van der Waals surface area contributed by atoms with E-state index in [2.05, 4.69) is 15.3 Å². The summed E-state index contributed by atoms with van der Waals surface area (Å²) in [6, 6.07) is 13.0. The van der Waals surface area contributed by atoms with Gasteiger partial charge in [-0.15, -0.1) is 0 Å². The van der Waals surface area contributed by atoms with Crippen LogP contribution in [-0.4, -0.2) is 52.9 Å². The molecule has 3 aromatic rings. The number of ether oxygens (including phenoxy) is 1. The van der Waals surface area contributed by atoms with Crippen LogP contribution in [0.2, 0.25) is 0 Å². The Hall–Kier alpha value is -3.86. The molecule has 2 fully saturated rings. The van der Waals surface area contributed by atoms with E-state index >= 15 is 0 Å². The fourth-order valence-corrected chi connectivity index (χ4v) is 5.66. The number of alkyl halides is 3. The molecule has 1 aromatic heterocycles. The van der Waals surface area contributed by atoms with Crippen molar-refractivity contribution in [3.05, 3.63) is 65.2 Å². The molecule has 2 aliphatic rings. The maximum absolute atomic E-state index is 14.2. The summed E-state index contributed by atoms with van der Waals surface area (Å²) in [5.41, 5.74) is 9.57. The molecular weight excluding hydrogens is 523 g/mol. The molecule has 40 heavy (non-hydrogen) atoms. The Morgan fingerprint density at radius 2 is 1.82 bits per heavy atom. The van der Waals surface area contributed by atoms with Crippen molar-refractivity contribution in [3.63, 3.8) is 0 Å². The number of aromatic nitrogens is 2. The molecule has 11 heteroatoms. The van der Waals surface area contributed by atoms with Crippen molar-refractivity contribution in [2.45, 2.75) is 51.4 Å². The fraction of sp³-hybridized carbons (Fsp3) is 0.414. The van der Waals surface area contributed by atoms with Crippen molar-refractivity contribution in [1.29, 1.82) is 0 Å². The van der Waals surface area contributed by atoms with Crippen LogP contribution in [0, 0.1) is 19.3 Å². The molecule has 212 valence electrons. The van der Waals surface area contributed by atoms with Gasteiger partial charge in [-0.25, -0.2) is 0 Å². The van der Waals surface area contributed by atoms with Crippen molar-refractivity contribution in [2.24, 2.45) is 5.41 Å². The molecule has 2 aromatic carbocycles. The quantitative estimate of drug-likeness (QED) is 0.387. The average Bonchev–Trinajstić information content (AvgIpc) is 3.32. The van der Waals surface area contributed by atoms with Crippen molar-refractivity contribution in [3.8, 4) is 17.0 Å². The first kappa shape index (κ1) is 27.7. The van der Waals surface area contributed by atoms with Gasteiger partial charge in [-0.2, -0.15) is 23.1 Å². The van der Waals surface area contributed by atoms with Crippen molar-refractivity contribution in [1.82, 2.24) is 15.3 Å². The molecule has 0 aliphatic carbocycles. The van der Waals surface area contributed by atoms with Gasteiger partial charge in [0.25, 0.3) is 0 Å². The number of nitrogens with zero attached hydrogens (tertiary/aromatic N) is 3. The second kappa shape index (κ2) is 10.6. The fourth-order valence-electron chi connectivity index (χ4n) is 5.66. The maximum Gasteiger partial charge on any atom is 0.429 e. The van der Waals surface area contributed by atoms with E-state index in [4.69, 9.17) is 10.5 Å². The minimum absolute atomic E-state index is 0.0538. The summed E-state index contributed by atoms with van der Waals surface area (Å²) >= 11 is 0. The Balaban J connectivity index is 1.33. The Kier molecular flexibility index (Phi) is 7.34. The summed E-state index contributed by atoms with van der Waals surface area (Å²) in [5.74, 6) is -0.933. The van der Waals surface area contributed by atoms with Crippen molar-refractivity contribution < 1.29 is 27.8 Å². The third-order valence-electron chi connectivity index (χ3n) is 7.97. The number of nitrogens with two attached hydrogens (primary N) is 1. The van der Waals surface area contributed by atoms with Crippen molar-refractivity contribution in [2.75, 3.05) is 30.3 Å². The third kappa shape index (κ3) is 5.84. The molecule has 3 heterocycles. The number of halogens is 3. The summed E-state index contributed by atoms with van der Waals surface area (Å²) in [7, 11) is 0. The molecule has 2 aliphatic heterocycles. The summed E-state index contributed by atoms with van der Waals surface area (Å²) in [5, 5.41) is 12.4. The smallest absolute Gasteiger partial charge is 0.429 e. The zero-order valence-corrected chi connectivity index (χ0v) is 22.3. The number of nitrogen functional groups attached to an aromatic ring is 1. The van der Waals surface area contributed by atoms with E-state index in [9.17, 15) is 23.1 Å². The maximum atomic E-state index is 14.2. The molecule has 2 atom stereocenters. The summed E-state index contributed by atoms with van der Waals surface area (Å²) in [6.45, 7) is 5.67. The van der Waals surface area contributed by atoms with E-state index in [1.165, 1.54) is 18.2 Å². The minimum Gasteiger partial charge on any atom is -0.480 e. The number of hydrogen-bond donors (Lipinski definition) is 3. The highest BCUT2D eigenvalue weighted by Gasteiger charge is 2.45. The molecule has 0 amide bonds. The Morgan fingerprint density at radius 1 is 1.12 bits per heavy atom. The second-order valence-corrected chi connectivity index (χ2v) is 10.9. The van der Waals surface area contributed by atoms with Crippen LogP contribution in [0.4, 0.5) is 24.9 Å². The van der Waals surface area contributed by atoms with E-state index < -0.39 is 24.3 Å². The van der Waals surface area contributed by atoms with Crippen LogP contribution in [0.3, 0.4) is 0 Å². The molecule has 1 unspecified atom stereocenters. The molecule has 2 saturated heterocycles. The van der Waals surface area contributed by atoms with Crippen LogP contribution in [0.1, 0.15) is 42.1 Å². The topological polar surface area (TPSA) is 114 Å². The molecule has 5 rings (SSSR count). The minimum atomic E-state index is -4.70. The number of aryl methyl sites for hydroxylation is 2. The van der Waals surface area contributed by atoms with Crippen LogP contribution in [0.5, 0.6) is 5.88 Å². The number of benzene rings is 2. The highest BCUT2D eigenvalue weighted by molar-refractivity contribution is 5.74. The van der Waals surface area contributed by atoms with Gasteiger partial charge in [-0.1, -0.05) is 48.0 Å². The molecule has 1 spiro atoms. The highest BCUT2D eigenvalue weighted by Crippen LogP contribution is 2.41. The molecule has 4 N–H and O–H groups in total. The van der Waals surface area contributed by atoms with Crippen LogP contribution >= 0.6 is 0 Å². The lowest BCUT2D eigenvalue weighted by molar-refractivity contribution is -0.198. The van der Waals surface area contributed by atoms with E-state index in [1.54, 1.807) is 12.1 Å². The Labute approximate surface area is 230 Å². The van der Waals surface area contributed by atoms with Gasteiger partial charge in [-0.05, 0) is 55.2 Å². The number of hydrogen-bond acceptors (Lipinski definition) is 7. The first-order chi connectivity index (χ1) is 18.9. The van der Waals surface area contributed by atoms with Gasteiger partial charge in [0.2, 0.25) is 17.9 Å². The van der Waals surface area contributed by atoms with Crippen LogP contribution in [0.15, 0.2) is 48.5 Å². The predicted octanol–water partition coefficient (Wildman–Crippen LogP) is 5.06. The second-order valence-electron chi connectivity index (χ2n) is 10.9. The summed E-state index contributed by atoms with van der Waals surface area (Å²) in [4.78, 5) is 21.5. The zero-order chi connectivity index (χ0) is 28.7. The van der Waals surface area contributed by atoms with Gasteiger partial charge in [-0.3, -0.25) is 4.79 Å². The monoisotopic (exact) mass is 555 g/mol. The van der Waals surface area contributed by atoms with E-state index in [0.717, 1.165) is 35.1 Å². The highest BCUT2D eigenvalue weighted by atomic mass is 19.4. The van der Waals surface area contributed by atoms with Crippen molar-refractivity contribution >= 4 is 17.7 Å². The van der Waals surface area contributed by atoms with Gasteiger partial charge in [0.15, 0.2) is 0 Å². The van der Waals surface area contributed by atoms with Gasteiger partial charge in [0.05, 0.1) is 0 Å². The molecule has 8 nitrogen and oxygen atoms in total. The Bertz CT molecular complexity index is 1390. The standard InChI is InChI=1S/C29H32F3N5O3/c1-17-3-4-18(2)21(13-17)19-5-7-20(8-6-19)25(29(30,31)32)40-24-14-23(35-27(33)36-24)37-11-9-28(10-12-37)15-22(26(38)39)34-16-28/h3-8,13-14,22,25,34H,9-12,15-16H2,1-2H3,(H,38,39)(H2,33,35,36)/t22-,25?/m0/s1. The number of aliphatic carboxylic acids is 1. The zero-order valence-electron chi connectivity index (χ0n) is 22.3. The average molecular weight is 556 g/mol. The SMILES string of the molecule is Cc1ccc(C)c(-c2ccc(C(Oc3cc(N4CCC5(CC4)CN[C@H](C(=O)O)C5)nc(N)n3)C(F)(F)F)cc2)c1. The van der Waals surface area contributed by atoms with E-state index in [-0.39, 0.29) is 22.8 Å². The Morgan fingerprint density at radius 3 is 2.45 bits per heavy atom. The predicted molar refractivity (Wildman–Crippen MR) is 145 cm³/mol. The van der Waals surface area contributed by atoms with E-state index in [1.807, 2.05) is 36.9 Å². The van der Waals surface area contributed by atoms with Gasteiger partial charge < -0.3 is 25.8 Å². The number of anilines is 2. The lowest BCUT2D eigenvalue weighted by Gasteiger charge is -2.39. The molecule has 0 bridgehead atoms. The number of nitrogens with one attached hydrogen (secondary N) is 1. The molecular formula is C29H32F3N5O3. The first-order valence-corrected chi connectivity index (χ1v) is 13.2. The van der Waals surface area contributed by atoms with Gasteiger partial charge >= 0.3 is 12.1 Å². The normalized spacial score (nSPS) is 19.5. The third-order valence-corrected chi connectivity index (χ3v) is 7.97. The van der Waals surface area contributed by atoms with Gasteiger partial charge in [0.1, 0.15) is 11.9 Å². The first-order valence-electron chi connectivity index (χ1n) is 13.2. The number of carboxylic acids is 1. The largest absolute Gasteiger partial charge is 0.480 e. The van der Waals surface area contributed by atoms with Crippen LogP contribution in [0.25, 0.3) is 11.1 Å². The lowest BCUT2D eigenvalue weighted by Crippen LogP contribution is -2.41. The van der Waals surface area contributed by atoms with E-state index in [0.29, 0.717) is 31.9 Å². The number of rotatable bonds is 6.